The van der Waals surface area contributed by atoms with E-state index in [2.05, 4.69) is 9.97 Å². The zero-order valence-corrected chi connectivity index (χ0v) is 10.00. The van der Waals surface area contributed by atoms with Crippen LogP contribution in [-0.2, 0) is 0 Å². The summed E-state index contributed by atoms with van der Waals surface area (Å²) >= 11 is 0. The van der Waals surface area contributed by atoms with Gasteiger partial charge in [0.25, 0.3) is 11.2 Å². The minimum atomic E-state index is -0.460. The monoisotopic (exact) mass is 257 g/mol. The van der Waals surface area contributed by atoms with Crippen molar-refractivity contribution in [3.05, 3.63) is 56.6 Å². The molecule has 2 aromatic rings. The average molecular weight is 257 g/mol. The Morgan fingerprint density at radius 1 is 1.32 bits per heavy atom. The molecule has 1 aliphatic rings. The first kappa shape index (κ1) is 11.6. The first-order chi connectivity index (χ1) is 9.13. The molecule has 1 heterocycles. The third kappa shape index (κ3) is 2.37. The van der Waals surface area contributed by atoms with Crippen LogP contribution < -0.4 is 5.56 Å². The first-order valence-corrected chi connectivity index (χ1v) is 5.99. The molecule has 0 atom stereocenters. The summed E-state index contributed by atoms with van der Waals surface area (Å²) in [5.74, 6) is 1.00. The van der Waals surface area contributed by atoms with E-state index in [1.165, 1.54) is 18.2 Å². The van der Waals surface area contributed by atoms with Crippen molar-refractivity contribution < 1.29 is 4.92 Å². The molecule has 0 amide bonds. The van der Waals surface area contributed by atoms with Crippen molar-refractivity contribution in [2.75, 3.05) is 0 Å². The van der Waals surface area contributed by atoms with Gasteiger partial charge >= 0.3 is 0 Å². The van der Waals surface area contributed by atoms with E-state index in [9.17, 15) is 14.9 Å². The maximum absolute atomic E-state index is 11.6. The molecule has 3 rings (SSSR count). The van der Waals surface area contributed by atoms with E-state index in [0.29, 0.717) is 23.0 Å². The second-order valence-corrected chi connectivity index (χ2v) is 4.60. The molecule has 0 spiro atoms. The number of nitro benzene ring substituents is 1. The normalized spacial score (nSPS) is 14.3. The highest BCUT2D eigenvalue weighted by molar-refractivity contribution is 5.62. The van der Waals surface area contributed by atoms with E-state index in [4.69, 9.17) is 0 Å². The lowest BCUT2D eigenvalue weighted by Crippen LogP contribution is -2.10. The van der Waals surface area contributed by atoms with Gasteiger partial charge in [-0.3, -0.25) is 14.9 Å². The van der Waals surface area contributed by atoms with E-state index in [0.717, 1.165) is 12.8 Å². The minimum Gasteiger partial charge on any atom is -0.310 e. The number of nitro groups is 1. The fourth-order valence-corrected chi connectivity index (χ4v) is 1.95. The van der Waals surface area contributed by atoms with Crippen LogP contribution in [0.2, 0.25) is 0 Å². The van der Waals surface area contributed by atoms with Crippen LogP contribution in [0.5, 0.6) is 0 Å². The molecule has 1 fully saturated rings. The predicted octanol–water partition coefficient (Wildman–Crippen LogP) is 2.22. The number of aromatic nitrogens is 2. The summed E-state index contributed by atoms with van der Waals surface area (Å²) < 4.78 is 0. The molecule has 96 valence electrons. The molecule has 0 saturated heterocycles. The van der Waals surface area contributed by atoms with Crippen LogP contribution in [0.1, 0.15) is 24.6 Å². The second-order valence-electron chi connectivity index (χ2n) is 4.60. The summed E-state index contributed by atoms with van der Waals surface area (Å²) in [7, 11) is 0. The third-order valence-electron chi connectivity index (χ3n) is 3.08. The molecule has 6 heteroatoms. The Morgan fingerprint density at radius 3 is 2.79 bits per heavy atom. The van der Waals surface area contributed by atoms with Gasteiger partial charge in [0.1, 0.15) is 5.82 Å². The van der Waals surface area contributed by atoms with Gasteiger partial charge in [0.2, 0.25) is 0 Å². The second kappa shape index (κ2) is 4.31. The van der Waals surface area contributed by atoms with Crippen molar-refractivity contribution in [3.8, 4) is 11.3 Å². The summed E-state index contributed by atoms with van der Waals surface area (Å²) in [6.45, 7) is 0. The quantitative estimate of drug-likeness (QED) is 0.674. The predicted molar refractivity (Wildman–Crippen MR) is 68.9 cm³/mol. The van der Waals surface area contributed by atoms with Crippen molar-refractivity contribution in [2.45, 2.75) is 18.8 Å². The summed E-state index contributed by atoms with van der Waals surface area (Å²) in [6.07, 6.45) is 2.06. The fraction of sp³-hybridized carbons (Fsp3) is 0.231. The van der Waals surface area contributed by atoms with Crippen molar-refractivity contribution in [2.24, 2.45) is 0 Å². The number of benzene rings is 1. The molecule has 1 aliphatic carbocycles. The van der Waals surface area contributed by atoms with Crippen molar-refractivity contribution in [1.29, 1.82) is 0 Å². The maximum Gasteiger partial charge on any atom is 0.270 e. The SMILES string of the molecule is O=c1cc(-c2cccc([N+](=O)[O-])c2)nc(C2CC2)[nH]1. The van der Waals surface area contributed by atoms with Gasteiger partial charge in [-0.15, -0.1) is 0 Å². The number of non-ortho nitro benzene ring substituents is 1. The van der Waals surface area contributed by atoms with E-state index in [-0.39, 0.29) is 11.2 Å². The number of aromatic amines is 1. The van der Waals surface area contributed by atoms with E-state index < -0.39 is 4.92 Å². The Morgan fingerprint density at radius 2 is 2.11 bits per heavy atom. The van der Waals surface area contributed by atoms with Crippen molar-refractivity contribution in [3.63, 3.8) is 0 Å². The molecule has 6 nitrogen and oxygen atoms in total. The Balaban J connectivity index is 2.08. The van der Waals surface area contributed by atoms with E-state index in [1.54, 1.807) is 12.1 Å². The molecule has 1 aromatic heterocycles. The van der Waals surface area contributed by atoms with Crippen LogP contribution in [0.3, 0.4) is 0 Å². The molecule has 1 N–H and O–H groups in total. The molecule has 0 aliphatic heterocycles. The number of hydrogen-bond donors (Lipinski definition) is 1. The van der Waals surface area contributed by atoms with Gasteiger partial charge in [-0.1, -0.05) is 12.1 Å². The molecule has 1 saturated carbocycles. The van der Waals surface area contributed by atoms with Gasteiger partial charge in [0.05, 0.1) is 10.6 Å². The smallest absolute Gasteiger partial charge is 0.270 e. The van der Waals surface area contributed by atoms with Gasteiger partial charge in [0.15, 0.2) is 0 Å². The first-order valence-electron chi connectivity index (χ1n) is 5.99. The molecule has 0 radical (unpaired) electrons. The van der Waals surface area contributed by atoms with E-state index >= 15 is 0 Å². The zero-order valence-electron chi connectivity index (χ0n) is 10.00. The van der Waals surface area contributed by atoms with Crippen LogP contribution in [0.25, 0.3) is 11.3 Å². The van der Waals surface area contributed by atoms with Gasteiger partial charge in [-0.25, -0.2) is 4.98 Å². The van der Waals surface area contributed by atoms with E-state index in [1.807, 2.05) is 0 Å². The Kier molecular flexibility index (Phi) is 2.63. The molecule has 1 aromatic carbocycles. The third-order valence-corrected chi connectivity index (χ3v) is 3.08. The molecule has 0 bridgehead atoms. The lowest BCUT2D eigenvalue weighted by Gasteiger charge is -2.03. The number of nitrogens with one attached hydrogen (secondary N) is 1. The summed E-state index contributed by atoms with van der Waals surface area (Å²) in [4.78, 5) is 29.0. The topological polar surface area (TPSA) is 88.9 Å². The van der Waals surface area contributed by atoms with Crippen LogP contribution >= 0.6 is 0 Å². The van der Waals surface area contributed by atoms with Crippen LogP contribution in [0.4, 0.5) is 5.69 Å². The Bertz CT molecular complexity index is 704. The number of H-pyrrole nitrogens is 1. The minimum absolute atomic E-state index is 0.00689. The number of hydrogen-bond acceptors (Lipinski definition) is 4. The molecule has 0 unspecified atom stereocenters. The zero-order chi connectivity index (χ0) is 13.4. The van der Waals surface area contributed by atoms with Crippen LogP contribution in [0.15, 0.2) is 35.1 Å². The highest BCUT2D eigenvalue weighted by Gasteiger charge is 2.26. The largest absolute Gasteiger partial charge is 0.310 e. The summed E-state index contributed by atoms with van der Waals surface area (Å²) in [6, 6.07) is 7.51. The molecule has 19 heavy (non-hydrogen) atoms. The number of rotatable bonds is 3. The van der Waals surface area contributed by atoms with Crippen LogP contribution in [-0.4, -0.2) is 14.9 Å². The Hall–Kier alpha value is -2.50. The highest BCUT2D eigenvalue weighted by Crippen LogP contribution is 2.38. The van der Waals surface area contributed by atoms with Gasteiger partial charge < -0.3 is 4.98 Å². The highest BCUT2D eigenvalue weighted by atomic mass is 16.6. The van der Waals surface area contributed by atoms with Crippen molar-refractivity contribution >= 4 is 5.69 Å². The van der Waals surface area contributed by atoms with Crippen molar-refractivity contribution in [1.82, 2.24) is 9.97 Å². The van der Waals surface area contributed by atoms with Gasteiger partial charge in [0, 0.05) is 29.7 Å². The number of nitrogens with zero attached hydrogens (tertiary/aromatic N) is 2. The summed E-state index contributed by atoms with van der Waals surface area (Å²) in [5, 5.41) is 10.8. The lowest BCUT2D eigenvalue weighted by atomic mass is 10.1. The van der Waals surface area contributed by atoms with Gasteiger partial charge in [-0.2, -0.15) is 0 Å². The molecular formula is C13H11N3O3. The van der Waals surface area contributed by atoms with Gasteiger partial charge in [-0.05, 0) is 12.8 Å². The standard InChI is InChI=1S/C13H11N3O3/c17-12-7-11(14-13(15-12)8-4-5-8)9-2-1-3-10(6-9)16(18)19/h1-3,6-8H,4-5H2,(H,14,15,17). The average Bonchev–Trinajstić information content (AvgIpc) is 3.22. The lowest BCUT2D eigenvalue weighted by molar-refractivity contribution is -0.384. The maximum atomic E-state index is 11.6. The Labute approximate surface area is 108 Å². The fourth-order valence-electron chi connectivity index (χ4n) is 1.95. The van der Waals surface area contributed by atoms with Crippen LogP contribution in [0, 0.1) is 10.1 Å². The summed E-state index contributed by atoms with van der Waals surface area (Å²) in [5.41, 5.74) is 0.836. The molecular weight excluding hydrogens is 246 g/mol.